The van der Waals surface area contributed by atoms with Crippen molar-refractivity contribution in [2.24, 2.45) is 0 Å². The summed E-state index contributed by atoms with van der Waals surface area (Å²) >= 11 is 0. The van der Waals surface area contributed by atoms with E-state index in [0.29, 0.717) is 0 Å². The Morgan fingerprint density at radius 1 is 1.42 bits per heavy atom. The van der Waals surface area contributed by atoms with Crippen LogP contribution >= 0.6 is 0 Å². The summed E-state index contributed by atoms with van der Waals surface area (Å²) < 4.78 is 0. The van der Waals surface area contributed by atoms with Crippen molar-refractivity contribution in [3.05, 3.63) is 0 Å². The lowest BCUT2D eigenvalue weighted by Gasteiger charge is -2.37. The van der Waals surface area contributed by atoms with Gasteiger partial charge in [0.15, 0.2) is 0 Å². The van der Waals surface area contributed by atoms with Gasteiger partial charge in [-0.2, -0.15) is 0 Å². The van der Waals surface area contributed by atoms with Gasteiger partial charge in [0.25, 0.3) is 0 Å². The summed E-state index contributed by atoms with van der Waals surface area (Å²) in [5, 5.41) is 16.0. The molecule has 3 heteroatoms. The topological polar surface area (TPSA) is 44.3 Å². The number of nitrogens with one attached hydrogen (secondary N) is 2. The third-order valence-electron chi connectivity index (χ3n) is 2.61. The largest absolute Gasteiger partial charge is 0.394 e. The molecule has 1 fully saturated rings. The number of rotatable bonds is 4. The van der Waals surface area contributed by atoms with E-state index in [0.717, 1.165) is 38.9 Å². The Morgan fingerprint density at radius 2 is 2.08 bits per heavy atom. The van der Waals surface area contributed by atoms with Crippen LogP contribution in [0.15, 0.2) is 0 Å². The Bertz CT molecular complexity index is 122. The smallest absolute Gasteiger partial charge is 0.0614 e. The zero-order valence-electron chi connectivity index (χ0n) is 7.90. The minimum absolute atomic E-state index is 0.0151. The molecule has 1 aliphatic rings. The van der Waals surface area contributed by atoms with Gasteiger partial charge in [-0.25, -0.2) is 0 Å². The van der Waals surface area contributed by atoms with Crippen molar-refractivity contribution in [1.29, 1.82) is 0 Å². The molecule has 3 N–H and O–H groups in total. The SMILES string of the molecule is CCCNC1(CO)CCNCC1. The molecule has 12 heavy (non-hydrogen) atoms. The van der Waals surface area contributed by atoms with Gasteiger partial charge in [0.2, 0.25) is 0 Å². The lowest BCUT2D eigenvalue weighted by molar-refractivity contribution is 0.128. The third kappa shape index (κ3) is 2.44. The summed E-state index contributed by atoms with van der Waals surface area (Å²) in [6.45, 7) is 5.49. The highest BCUT2D eigenvalue weighted by Gasteiger charge is 2.29. The molecule has 0 atom stereocenters. The standard InChI is InChI=1S/C9H20N2O/c1-2-5-11-9(8-12)3-6-10-7-4-9/h10-12H,2-8H2,1H3. The summed E-state index contributed by atoms with van der Waals surface area (Å²) in [5.74, 6) is 0. The van der Waals surface area contributed by atoms with Crippen LogP contribution in [0.4, 0.5) is 0 Å². The predicted octanol–water partition coefficient (Wildman–Crippen LogP) is 0.100. The first kappa shape index (κ1) is 9.96. The first-order valence-electron chi connectivity index (χ1n) is 4.89. The van der Waals surface area contributed by atoms with Crippen molar-refractivity contribution < 1.29 is 5.11 Å². The van der Waals surface area contributed by atoms with E-state index in [4.69, 9.17) is 0 Å². The number of hydrogen-bond acceptors (Lipinski definition) is 3. The van der Waals surface area contributed by atoms with Crippen LogP contribution in [0.25, 0.3) is 0 Å². The molecule has 0 aromatic carbocycles. The highest BCUT2D eigenvalue weighted by Crippen LogP contribution is 2.16. The van der Waals surface area contributed by atoms with Crippen LogP contribution in [0.1, 0.15) is 26.2 Å². The summed E-state index contributed by atoms with van der Waals surface area (Å²) in [7, 11) is 0. The summed E-state index contributed by atoms with van der Waals surface area (Å²) in [4.78, 5) is 0. The van der Waals surface area contributed by atoms with Gasteiger partial charge < -0.3 is 15.7 Å². The molecule has 0 aromatic rings. The zero-order chi connectivity index (χ0) is 8.86. The maximum absolute atomic E-state index is 9.28. The minimum atomic E-state index is 0.0151. The quantitative estimate of drug-likeness (QED) is 0.563. The molecular weight excluding hydrogens is 152 g/mol. The van der Waals surface area contributed by atoms with E-state index in [2.05, 4.69) is 17.6 Å². The third-order valence-corrected chi connectivity index (χ3v) is 2.61. The van der Waals surface area contributed by atoms with Crippen LogP contribution in [-0.4, -0.2) is 36.9 Å². The molecule has 3 nitrogen and oxygen atoms in total. The average Bonchev–Trinajstić information content (AvgIpc) is 2.16. The monoisotopic (exact) mass is 172 g/mol. The van der Waals surface area contributed by atoms with E-state index >= 15 is 0 Å². The fourth-order valence-corrected chi connectivity index (χ4v) is 1.69. The molecule has 1 rings (SSSR count). The van der Waals surface area contributed by atoms with Crippen molar-refractivity contribution in [3.8, 4) is 0 Å². The molecular formula is C9H20N2O. The van der Waals surface area contributed by atoms with Crippen molar-refractivity contribution in [2.75, 3.05) is 26.2 Å². The fraction of sp³-hybridized carbons (Fsp3) is 1.00. The van der Waals surface area contributed by atoms with Crippen molar-refractivity contribution in [2.45, 2.75) is 31.7 Å². The number of hydrogen-bond donors (Lipinski definition) is 3. The van der Waals surface area contributed by atoms with Gasteiger partial charge in [0, 0.05) is 5.54 Å². The van der Waals surface area contributed by atoms with Gasteiger partial charge >= 0.3 is 0 Å². The molecule has 0 aliphatic carbocycles. The molecule has 72 valence electrons. The first-order valence-corrected chi connectivity index (χ1v) is 4.89. The minimum Gasteiger partial charge on any atom is -0.394 e. The molecule has 0 spiro atoms. The van der Waals surface area contributed by atoms with Gasteiger partial charge in [0.1, 0.15) is 0 Å². The Morgan fingerprint density at radius 3 is 2.58 bits per heavy atom. The summed E-state index contributed by atoms with van der Waals surface area (Å²) in [5.41, 5.74) is 0.0151. The molecule has 0 unspecified atom stereocenters. The van der Waals surface area contributed by atoms with E-state index in [1.807, 2.05) is 0 Å². The van der Waals surface area contributed by atoms with Gasteiger partial charge in [-0.05, 0) is 38.9 Å². The maximum atomic E-state index is 9.28. The Kier molecular flexibility index (Phi) is 3.98. The van der Waals surface area contributed by atoms with Gasteiger partial charge in [-0.3, -0.25) is 0 Å². The van der Waals surface area contributed by atoms with Crippen molar-refractivity contribution in [1.82, 2.24) is 10.6 Å². The van der Waals surface area contributed by atoms with E-state index in [1.165, 1.54) is 0 Å². The van der Waals surface area contributed by atoms with Crippen molar-refractivity contribution >= 4 is 0 Å². The van der Waals surface area contributed by atoms with E-state index in [9.17, 15) is 5.11 Å². The van der Waals surface area contributed by atoms with Gasteiger partial charge in [-0.1, -0.05) is 6.92 Å². The molecule has 0 saturated carbocycles. The zero-order valence-corrected chi connectivity index (χ0v) is 7.90. The predicted molar refractivity (Wildman–Crippen MR) is 50.2 cm³/mol. The second-order valence-electron chi connectivity index (χ2n) is 3.62. The highest BCUT2D eigenvalue weighted by atomic mass is 16.3. The Labute approximate surface area is 74.5 Å². The number of aliphatic hydroxyl groups excluding tert-OH is 1. The maximum Gasteiger partial charge on any atom is 0.0614 e. The lowest BCUT2D eigenvalue weighted by atomic mass is 9.89. The van der Waals surface area contributed by atoms with E-state index < -0.39 is 0 Å². The van der Waals surface area contributed by atoms with Crippen LogP contribution in [0.2, 0.25) is 0 Å². The normalized spacial score (nSPS) is 22.5. The number of piperidine rings is 1. The fourth-order valence-electron chi connectivity index (χ4n) is 1.69. The summed E-state index contributed by atoms with van der Waals surface area (Å²) in [6, 6.07) is 0. The average molecular weight is 172 g/mol. The van der Waals surface area contributed by atoms with Gasteiger partial charge in [-0.15, -0.1) is 0 Å². The molecule has 0 amide bonds. The van der Waals surface area contributed by atoms with Crippen LogP contribution in [0, 0.1) is 0 Å². The van der Waals surface area contributed by atoms with Crippen LogP contribution in [0.5, 0.6) is 0 Å². The van der Waals surface area contributed by atoms with Gasteiger partial charge in [0.05, 0.1) is 6.61 Å². The first-order chi connectivity index (χ1) is 5.83. The second kappa shape index (κ2) is 4.80. The molecule has 0 radical (unpaired) electrons. The summed E-state index contributed by atoms with van der Waals surface area (Å²) in [6.07, 6.45) is 3.22. The van der Waals surface area contributed by atoms with Crippen LogP contribution in [-0.2, 0) is 0 Å². The van der Waals surface area contributed by atoms with Crippen molar-refractivity contribution in [3.63, 3.8) is 0 Å². The molecule has 1 aliphatic heterocycles. The molecule has 1 saturated heterocycles. The molecule has 0 bridgehead atoms. The van der Waals surface area contributed by atoms with E-state index in [-0.39, 0.29) is 12.1 Å². The second-order valence-corrected chi connectivity index (χ2v) is 3.62. The highest BCUT2D eigenvalue weighted by molar-refractivity contribution is 4.91. The molecule has 0 aromatic heterocycles. The lowest BCUT2D eigenvalue weighted by Crippen LogP contribution is -2.55. The Hall–Kier alpha value is -0.120. The van der Waals surface area contributed by atoms with E-state index in [1.54, 1.807) is 0 Å². The Balaban J connectivity index is 2.37. The van der Waals surface area contributed by atoms with Crippen LogP contribution < -0.4 is 10.6 Å². The number of aliphatic hydroxyl groups is 1. The molecule has 1 heterocycles. The van der Waals surface area contributed by atoms with Crippen LogP contribution in [0.3, 0.4) is 0 Å².